The number of rotatable bonds is 5. The van der Waals surface area contributed by atoms with E-state index in [0.717, 1.165) is 36.1 Å². The molecule has 4 heteroatoms. The second-order valence-electron chi connectivity index (χ2n) is 6.11. The normalized spacial score (nSPS) is 11.2. The number of hydrogen-bond donors (Lipinski definition) is 0. The molecule has 0 aliphatic carbocycles. The van der Waals surface area contributed by atoms with Crippen LogP contribution in [0.3, 0.4) is 0 Å². The van der Waals surface area contributed by atoms with Gasteiger partial charge in [0, 0.05) is 17.4 Å². The molecule has 0 amide bonds. The van der Waals surface area contributed by atoms with E-state index in [-0.39, 0.29) is 0 Å². The van der Waals surface area contributed by atoms with Crippen molar-refractivity contribution in [2.24, 2.45) is 0 Å². The van der Waals surface area contributed by atoms with E-state index in [1.807, 2.05) is 50.5 Å². The number of aryl methyl sites for hydroxylation is 1. The minimum Gasteiger partial charge on any atom is -0.309 e. The second-order valence-corrected chi connectivity index (χ2v) is 8.13. The van der Waals surface area contributed by atoms with Crippen molar-refractivity contribution in [3.05, 3.63) is 65.2 Å². The minimum absolute atomic E-state index is 0.354. The van der Waals surface area contributed by atoms with Crippen molar-refractivity contribution in [3.8, 4) is 11.8 Å². The zero-order valence-electron chi connectivity index (χ0n) is 14.4. The molecule has 0 spiro atoms. The molecule has 0 fully saturated rings. The van der Waals surface area contributed by atoms with E-state index in [1.54, 1.807) is 12.1 Å². The summed E-state index contributed by atoms with van der Waals surface area (Å²) in [4.78, 5) is 2.48. The zero-order chi connectivity index (χ0) is 17.6. The van der Waals surface area contributed by atoms with Crippen molar-refractivity contribution in [1.29, 1.82) is 0 Å². The Morgan fingerprint density at radius 1 is 1.00 bits per heavy atom. The van der Waals surface area contributed by atoms with Gasteiger partial charge in [0.25, 0.3) is 0 Å². The molecule has 0 N–H and O–H groups in total. The fraction of sp³-hybridized carbons (Fsp3) is 0.300. The Labute approximate surface area is 145 Å². The molecule has 0 aromatic heterocycles. The van der Waals surface area contributed by atoms with Crippen molar-refractivity contribution in [2.75, 3.05) is 26.9 Å². The van der Waals surface area contributed by atoms with E-state index in [0.29, 0.717) is 4.90 Å². The Bertz CT molecular complexity index is 844. The quantitative estimate of drug-likeness (QED) is 0.785. The maximum Gasteiger partial charge on any atom is 0.175 e. The summed E-state index contributed by atoms with van der Waals surface area (Å²) in [7, 11) is 0.852. The van der Waals surface area contributed by atoms with Gasteiger partial charge in [-0.3, -0.25) is 0 Å². The van der Waals surface area contributed by atoms with Gasteiger partial charge in [-0.1, -0.05) is 30.0 Å². The van der Waals surface area contributed by atoms with Gasteiger partial charge in [0.2, 0.25) is 0 Å². The van der Waals surface area contributed by atoms with E-state index in [4.69, 9.17) is 0 Å². The van der Waals surface area contributed by atoms with Gasteiger partial charge in [0.1, 0.15) is 0 Å². The van der Waals surface area contributed by atoms with Crippen LogP contribution in [0.2, 0.25) is 0 Å². The average molecular weight is 341 g/mol. The molecule has 0 heterocycles. The van der Waals surface area contributed by atoms with Crippen molar-refractivity contribution in [2.45, 2.75) is 17.7 Å². The summed E-state index contributed by atoms with van der Waals surface area (Å²) in [6.45, 7) is 0.953. The Hall–Kier alpha value is -2.09. The number of benzene rings is 2. The van der Waals surface area contributed by atoms with Crippen LogP contribution < -0.4 is 0 Å². The van der Waals surface area contributed by atoms with Crippen LogP contribution in [0, 0.1) is 11.8 Å². The monoisotopic (exact) mass is 341 g/mol. The SMILES string of the molecule is CN(C)CCCc1cc(S(C)(=O)=O)ccc1C#Cc1ccccc1. The molecule has 3 nitrogen and oxygen atoms in total. The molecule has 0 radical (unpaired) electrons. The van der Waals surface area contributed by atoms with Crippen molar-refractivity contribution in [3.63, 3.8) is 0 Å². The molecule has 0 saturated carbocycles. The molecule has 0 unspecified atom stereocenters. The topological polar surface area (TPSA) is 37.4 Å². The fourth-order valence-corrected chi connectivity index (χ4v) is 3.05. The lowest BCUT2D eigenvalue weighted by molar-refractivity contribution is 0.400. The first-order chi connectivity index (χ1) is 11.4. The first-order valence-electron chi connectivity index (χ1n) is 7.91. The van der Waals surface area contributed by atoms with Gasteiger partial charge in [0.15, 0.2) is 9.84 Å². The first kappa shape index (κ1) is 18.3. The third kappa shape index (κ3) is 5.52. The standard InChI is InChI=1S/C20H23NO2S/c1-21(2)15-7-10-19-16-20(24(3,22)23)14-13-18(19)12-11-17-8-5-4-6-9-17/h4-6,8-9,13-14,16H,7,10,15H2,1-3H3. The molecular formula is C20H23NO2S. The maximum atomic E-state index is 11.8. The predicted molar refractivity (Wildman–Crippen MR) is 98.8 cm³/mol. The summed E-state index contributed by atoms with van der Waals surface area (Å²) in [5.41, 5.74) is 2.83. The van der Waals surface area contributed by atoms with Crippen LogP contribution in [0.5, 0.6) is 0 Å². The third-order valence-electron chi connectivity index (χ3n) is 3.67. The Kier molecular flexibility index (Phi) is 6.19. The maximum absolute atomic E-state index is 11.8. The predicted octanol–water partition coefficient (Wildman–Crippen LogP) is 2.98. The van der Waals surface area contributed by atoms with Crippen molar-refractivity contribution < 1.29 is 8.42 Å². The molecule has 0 bridgehead atoms. The van der Waals surface area contributed by atoms with E-state index >= 15 is 0 Å². The number of nitrogens with zero attached hydrogens (tertiary/aromatic N) is 1. The minimum atomic E-state index is -3.21. The fourth-order valence-electron chi connectivity index (χ4n) is 2.38. The van der Waals surface area contributed by atoms with Gasteiger partial charge in [-0.25, -0.2) is 8.42 Å². The van der Waals surface area contributed by atoms with Crippen LogP contribution in [0.15, 0.2) is 53.4 Å². The van der Waals surface area contributed by atoms with Gasteiger partial charge >= 0.3 is 0 Å². The van der Waals surface area contributed by atoms with Crippen LogP contribution in [-0.4, -0.2) is 40.2 Å². The summed E-state index contributed by atoms with van der Waals surface area (Å²) in [5.74, 6) is 6.34. The third-order valence-corrected chi connectivity index (χ3v) is 4.78. The Morgan fingerprint density at radius 3 is 2.33 bits per heavy atom. The Morgan fingerprint density at radius 2 is 1.71 bits per heavy atom. The smallest absolute Gasteiger partial charge is 0.175 e. The highest BCUT2D eigenvalue weighted by molar-refractivity contribution is 7.90. The van der Waals surface area contributed by atoms with E-state index in [9.17, 15) is 8.42 Å². The van der Waals surface area contributed by atoms with E-state index in [2.05, 4.69) is 16.7 Å². The van der Waals surface area contributed by atoms with Crippen molar-refractivity contribution >= 4 is 9.84 Å². The summed E-state index contributed by atoms with van der Waals surface area (Å²) in [6.07, 6.45) is 3.00. The van der Waals surface area contributed by atoms with Crippen LogP contribution >= 0.6 is 0 Å². The molecular weight excluding hydrogens is 318 g/mol. The van der Waals surface area contributed by atoms with Crippen LogP contribution in [0.25, 0.3) is 0 Å². The lowest BCUT2D eigenvalue weighted by Crippen LogP contribution is -2.13. The Balaban J connectivity index is 2.33. The zero-order valence-corrected chi connectivity index (χ0v) is 15.2. The lowest BCUT2D eigenvalue weighted by atomic mass is 10.0. The first-order valence-corrected chi connectivity index (χ1v) is 9.80. The molecule has 0 saturated heterocycles. The number of sulfone groups is 1. The summed E-state index contributed by atoms with van der Waals surface area (Å²) in [6, 6.07) is 15.0. The van der Waals surface area contributed by atoms with Gasteiger partial charge < -0.3 is 4.90 Å². The summed E-state index contributed by atoms with van der Waals surface area (Å²) >= 11 is 0. The molecule has 0 aliphatic heterocycles. The van der Waals surface area contributed by atoms with Gasteiger partial charge in [0.05, 0.1) is 4.90 Å². The molecule has 24 heavy (non-hydrogen) atoms. The highest BCUT2D eigenvalue weighted by Gasteiger charge is 2.10. The van der Waals surface area contributed by atoms with Crippen LogP contribution in [0.4, 0.5) is 0 Å². The molecule has 2 aromatic carbocycles. The molecule has 2 aromatic rings. The molecule has 126 valence electrons. The largest absolute Gasteiger partial charge is 0.309 e. The van der Waals surface area contributed by atoms with Gasteiger partial charge in [-0.05, 0) is 69.4 Å². The number of hydrogen-bond acceptors (Lipinski definition) is 3. The van der Waals surface area contributed by atoms with Crippen LogP contribution in [-0.2, 0) is 16.3 Å². The molecule has 0 atom stereocenters. The molecule has 2 rings (SSSR count). The van der Waals surface area contributed by atoms with E-state index < -0.39 is 9.84 Å². The van der Waals surface area contributed by atoms with Gasteiger partial charge in [-0.15, -0.1) is 0 Å². The average Bonchev–Trinajstić information content (AvgIpc) is 2.53. The highest BCUT2D eigenvalue weighted by Crippen LogP contribution is 2.17. The molecule has 0 aliphatic rings. The van der Waals surface area contributed by atoms with Crippen molar-refractivity contribution in [1.82, 2.24) is 4.90 Å². The van der Waals surface area contributed by atoms with Gasteiger partial charge in [-0.2, -0.15) is 0 Å². The highest BCUT2D eigenvalue weighted by atomic mass is 32.2. The second kappa shape index (κ2) is 8.14. The summed E-state index contributed by atoms with van der Waals surface area (Å²) in [5, 5.41) is 0. The lowest BCUT2D eigenvalue weighted by Gasteiger charge is -2.11. The van der Waals surface area contributed by atoms with E-state index in [1.165, 1.54) is 6.26 Å². The van der Waals surface area contributed by atoms with Crippen LogP contribution in [0.1, 0.15) is 23.1 Å². The summed E-state index contributed by atoms with van der Waals surface area (Å²) < 4.78 is 23.6.